The summed E-state index contributed by atoms with van der Waals surface area (Å²) in [5.74, 6) is 0.774. The molecule has 3 heterocycles. The highest BCUT2D eigenvalue weighted by Crippen LogP contribution is 2.26. The molecule has 0 radical (unpaired) electrons. The van der Waals surface area contributed by atoms with Crippen molar-refractivity contribution < 1.29 is 14.6 Å². The minimum absolute atomic E-state index is 0.00810. The zero-order valence-electron chi connectivity index (χ0n) is 17.5. The second-order valence-corrected chi connectivity index (χ2v) is 6.62. The number of ether oxygens (including phenoxy) is 1. The van der Waals surface area contributed by atoms with Crippen LogP contribution in [0.25, 0.3) is 5.82 Å². The van der Waals surface area contributed by atoms with Crippen molar-refractivity contribution in [2.24, 2.45) is 0 Å². The van der Waals surface area contributed by atoms with Crippen molar-refractivity contribution >= 4 is 23.0 Å². The van der Waals surface area contributed by atoms with Gasteiger partial charge in [-0.2, -0.15) is 9.97 Å². The molecule has 3 rings (SSSR count). The third-order valence-corrected chi connectivity index (χ3v) is 4.09. The van der Waals surface area contributed by atoms with Crippen molar-refractivity contribution in [3.8, 4) is 11.8 Å². The number of halogens is 1. The molecule has 0 unspecified atom stereocenters. The smallest absolute Gasteiger partial charge is 0.354 e. The van der Waals surface area contributed by atoms with Crippen LogP contribution in [0, 0.1) is 41.0 Å². The lowest BCUT2D eigenvalue weighted by molar-refractivity contribution is -0.387. The summed E-state index contributed by atoms with van der Waals surface area (Å²) >= 11 is 5.34. The van der Waals surface area contributed by atoms with Gasteiger partial charge in [0.25, 0.3) is 0 Å². The van der Waals surface area contributed by atoms with E-state index in [0.29, 0.717) is 12.4 Å². The number of hydrogen-bond donors (Lipinski definition) is 1. The Morgan fingerprint density at radius 1 is 1.09 bits per heavy atom. The molecule has 0 saturated carbocycles. The molecule has 0 amide bonds. The number of rotatable bonds is 6. The topological polar surface area (TPSA) is 185 Å². The number of nitrogens with zero attached hydrogens (tertiary/aromatic N) is 7. The van der Waals surface area contributed by atoms with Crippen LogP contribution in [0.2, 0.25) is 5.28 Å². The highest BCUT2D eigenvalue weighted by molar-refractivity contribution is 6.28. The number of hydrogen-bond acceptors (Lipinski definition) is 10. The van der Waals surface area contributed by atoms with Gasteiger partial charge >= 0.3 is 22.9 Å². The molecule has 0 fully saturated rings. The predicted molar refractivity (Wildman–Crippen MR) is 112 cm³/mol. The first-order valence-electron chi connectivity index (χ1n) is 9.13. The Bertz CT molecular complexity index is 1210. The molecule has 3 aromatic heterocycles. The Hall–Kier alpha value is -3.94. The van der Waals surface area contributed by atoms with Gasteiger partial charge in [-0.15, -0.1) is 0 Å². The van der Waals surface area contributed by atoms with Crippen LogP contribution in [0.1, 0.15) is 30.6 Å². The molecule has 0 aliphatic heterocycles. The van der Waals surface area contributed by atoms with Crippen molar-refractivity contribution in [2.45, 2.75) is 34.1 Å². The van der Waals surface area contributed by atoms with E-state index in [2.05, 4.69) is 19.9 Å². The fourth-order valence-electron chi connectivity index (χ4n) is 2.53. The summed E-state index contributed by atoms with van der Waals surface area (Å²) in [7, 11) is 0. The Balaban J connectivity index is 0.000000258. The van der Waals surface area contributed by atoms with Crippen LogP contribution < -0.4 is 10.3 Å². The summed E-state index contributed by atoms with van der Waals surface area (Å²) < 4.78 is 6.92. The molecule has 0 bridgehead atoms. The van der Waals surface area contributed by atoms with Gasteiger partial charge in [-0.25, -0.2) is 9.97 Å². The summed E-state index contributed by atoms with van der Waals surface area (Å²) in [6.07, 6.45) is 3.98. The lowest BCUT2D eigenvalue weighted by atomic mass is 10.3. The monoisotopic (exact) mass is 466 g/mol. The fourth-order valence-corrected chi connectivity index (χ4v) is 2.74. The summed E-state index contributed by atoms with van der Waals surface area (Å²) in [4.78, 5) is 48.8. The van der Waals surface area contributed by atoms with Gasteiger partial charge in [-0.05, 0) is 38.8 Å². The van der Waals surface area contributed by atoms with Gasteiger partial charge in [0.05, 0.1) is 16.5 Å². The van der Waals surface area contributed by atoms with E-state index in [1.165, 1.54) is 6.92 Å². The number of aromatic amines is 1. The zero-order valence-corrected chi connectivity index (χ0v) is 18.3. The van der Waals surface area contributed by atoms with Gasteiger partial charge < -0.3 is 4.74 Å². The molecule has 15 heteroatoms. The first-order chi connectivity index (χ1) is 15.1. The lowest BCUT2D eigenvalue weighted by Crippen LogP contribution is -2.14. The van der Waals surface area contributed by atoms with E-state index in [0.717, 1.165) is 6.42 Å². The van der Waals surface area contributed by atoms with Crippen LogP contribution in [0.5, 0.6) is 6.01 Å². The maximum atomic E-state index is 11.2. The third kappa shape index (κ3) is 5.60. The van der Waals surface area contributed by atoms with Gasteiger partial charge in [-0.3, -0.25) is 34.6 Å². The predicted octanol–water partition coefficient (Wildman–Crippen LogP) is 2.62. The van der Waals surface area contributed by atoms with Gasteiger partial charge in [0.15, 0.2) is 0 Å². The number of nitrogens with one attached hydrogen (secondary N) is 1. The Morgan fingerprint density at radius 2 is 1.72 bits per heavy atom. The van der Waals surface area contributed by atoms with Crippen molar-refractivity contribution in [3.05, 3.63) is 65.5 Å². The van der Waals surface area contributed by atoms with E-state index in [9.17, 15) is 25.0 Å². The van der Waals surface area contributed by atoms with Gasteiger partial charge in [0.1, 0.15) is 17.2 Å². The second-order valence-electron chi connectivity index (χ2n) is 6.26. The average molecular weight is 467 g/mol. The number of aryl methyl sites for hydroxylation is 3. The molecule has 0 atom stereocenters. The molecule has 0 saturated heterocycles. The standard InChI is InChI=1S/C12H15N5O3.C5H4ClN3O3/c1-4-7-20-12-14-8(2)10(17(18)19)11(15-12)16-6-5-13-9(16)3;1-2-3(9(11)12)4(10)8-5(6)7-2/h5-6H,4,7H2,1-3H3;1H3,(H,7,8,10). The fraction of sp³-hybridized carbons (Fsp3) is 0.353. The Labute approximate surface area is 185 Å². The summed E-state index contributed by atoms with van der Waals surface area (Å²) in [6.45, 7) is 7.07. The summed E-state index contributed by atoms with van der Waals surface area (Å²) in [5.41, 5.74) is -1.28. The molecule has 0 spiro atoms. The van der Waals surface area contributed by atoms with Gasteiger partial charge in [0.2, 0.25) is 11.1 Å². The van der Waals surface area contributed by atoms with Crippen LogP contribution in [-0.2, 0) is 0 Å². The molecule has 0 aliphatic carbocycles. The quantitative estimate of drug-likeness (QED) is 0.321. The van der Waals surface area contributed by atoms with Crippen LogP contribution >= 0.6 is 11.6 Å². The molecule has 14 nitrogen and oxygen atoms in total. The number of nitro groups is 2. The molecular weight excluding hydrogens is 448 g/mol. The van der Waals surface area contributed by atoms with Crippen LogP contribution in [-0.4, -0.2) is 45.9 Å². The van der Waals surface area contributed by atoms with E-state index in [1.54, 1.807) is 30.8 Å². The minimum atomic E-state index is -0.836. The molecule has 1 N–H and O–H groups in total. The van der Waals surface area contributed by atoms with Crippen LogP contribution in [0.3, 0.4) is 0 Å². The third-order valence-electron chi connectivity index (χ3n) is 3.91. The van der Waals surface area contributed by atoms with E-state index >= 15 is 0 Å². The first kappa shape index (κ1) is 24.3. The van der Waals surface area contributed by atoms with Crippen molar-refractivity contribution in [1.82, 2.24) is 29.5 Å². The summed E-state index contributed by atoms with van der Waals surface area (Å²) in [6, 6.07) is 0.137. The second kappa shape index (κ2) is 10.4. The van der Waals surface area contributed by atoms with E-state index in [4.69, 9.17) is 16.3 Å². The van der Waals surface area contributed by atoms with E-state index in [-0.39, 0.29) is 34.2 Å². The van der Waals surface area contributed by atoms with Crippen LogP contribution in [0.4, 0.5) is 11.4 Å². The molecule has 0 aromatic carbocycles. The van der Waals surface area contributed by atoms with Crippen LogP contribution in [0.15, 0.2) is 17.2 Å². The molecular formula is C17H19ClN8O6. The SMILES string of the molecule is CCCOc1nc(C)c([N+](=O)[O-])c(-n2ccnc2C)n1.Cc1nc(Cl)[nH]c(=O)c1[N+](=O)[O-]. The highest BCUT2D eigenvalue weighted by Gasteiger charge is 2.24. The maximum Gasteiger partial charge on any atom is 0.354 e. The first-order valence-corrected chi connectivity index (χ1v) is 9.51. The molecule has 170 valence electrons. The number of imidazole rings is 1. The minimum Gasteiger partial charge on any atom is -0.463 e. The number of H-pyrrole nitrogens is 1. The van der Waals surface area contributed by atoms with Crippen molar-refractivity contribution in [1.29, 1.82) is 0 Å². The largest absolute Gasteiger partial charge is 0.463 e. The Kier molecular flexibility index (Phi) is 7.90. The number of aromatic nitrogens is 6. The lowest BCUT2D eigenvalue weighted by Gasteiger charge is -2.09. The highest BCUT2D eigenvalue weighted by atomic mass is 35.5. The zero-order chi connectivity index (χ0) is 24.0. The normalized spacial score (nSPS) is 10.3. The molecule has 0 aliphatic rings. The Morgan fingerprint density at radius 3 is 2.22 bits per heavy atom. The van der Waals surface area contributed by atoms with Gasteiger partial charge in [0, 0.05) is 12.4 Å². The van der Waals surface area contributed by atoms with E-state index in [1.807, 2.05) is 11.9 Å². The molecule has 32 heavy (non-hydrogen) atoms. The average Bonchev–Trinajstić information content (AvgIpc) is 3.10. The van der Waals surface area contributed by atoms with E-state index < -0.39 is 21.1 Å². The van der Waals surface area contributed by atoms with Crippen molar-refractivity contribution in [2.75, 3.05) is 6.61 Å². The maximum absolute atomic E-state index is 11.2. The van der Waals surface area contributed by atoms with Gasteiger partial charge in [-0.1, -0.05) is 6.92 Å². The van der Waals surface area contributed by atoms with Crippen molar-refractivity contribution in [3.63, 3.8) is 0 Å². The summed E-state index contributed by atoms with van der Waals surface area (Å²) in [5, 5.41) is 21.3. The molecule has 3 aromatic rings.